The highest BCUT2D eigenvalue weighted by Crippen LogP contribution is 2.43. The van der Waals surface area contributed by atoms with Crippen molar-refractivity contribution >= 4 is 23.2 Å². The molecule has 1 aromatic rings. The van der Waals surface area contributed by atoms with Gasteiger partial charge in [-0.25, -0.2) is 0 Å². The second-order valence-electron chi connectivity index (χ2n) is 4.98. The van der Waals surface area contributed by atoms with Crippen molar-refractivity contribution < 1.29 is 14.6 Å². The van der Waals surface area contributed by atoms with E-state index < -0.39 is 11.5 Å². The Labute approximate surface area is 111 Å². The molecular formula is C13H16ClNO3. The fourth-order valence-corrected chi connectivity index (χ4v) is 2.36. The molecular weight excluding hydrogens is 254 g/mol. The molecule has 1 amide bonds. The number of aliphatic hydroxyl groups excluding tert-OH is 1. The van der Waals surface area contributed by atoms with Gasteiger partial charge in [-0.05, 0) is 37.1 Å². The van der Waals surface area contributed by atoms with Gasteiger partial charge in [0, 0.05) is 7.11 Å². The molecule has 0 fully saturated rings. The van der Waals surface area contributed by atoms with Crippen molar-refractivity contribution in [1.29, 1.82) is 0 Å². The van der Waals surface area contributed by atoms with Crippen LogP contribution in [0.15, 0.2) is 12.1 Å². The molecule has 98 valence electrons. The molecule has 0 aromatic heterocycles. The topological polar surface area (TPSA) is 58.6 Å². The smallest absolute Gasteiger partial charge is 0.234 e. The predicted molar refractivity (Wildman–Crippen MR) is 69.9 cm³/mol. The Morgan fingerprint density at radius 3 is 2.78 bits per heavy atom. The maximum absolute atomic E-state index is 11.9. The van der Waals surface area contributed by atoms with Gasteiger partial charge in [0.25, 0.3) is 0 Å². The van der Waals surface area contributed by atoms with E-state index in [-0.39, 0.29) is 12.5 Å². The molecule has 1 unspecified atom stereocenters. The van der Waals surface area contributed by atoms with Crippen LogP contribution in [0, 0.1) is 0 Å². The maximum atomic E-state index is 11.9. The van der Waals surface area contributed by atoms with Crippen molar-refractivity contribution in [3.05, 3.63) is 28.3 Å². The average molecular weight is 270 g/mol. The van der Waals surface area contributed by atoms with Crippen molar-refractivity contribution in [3.63, 3.8) is 0 Å². The number of anilines is 1. The number of hydrogen-bond acceptors (Lipinski definition) is 3. The number of nitrogens with one attached hydrogen (secondary N) is 1. The third-order valence-corrected chi connectivity index (χ3v) is 3.60. The van der Waals surface area contributed by atoms with Crippen molar-refractivity contribution in [3.8, 4) is 0 Å². The zero-order valence-corrected chi connectivity index (χ0v) is 11.3. The molecule has 1 aliphatic heterocycles. The van der Waals surface area contributed by atoms with Crippen LogP contribution in [-0.2, 0) is 14.9 Å². The second kappa shape index (κ2) is 4.53. The van der Waals surface area contributed by atoms with Gasteiger partial charge in [0.15, 0.2) is 0 Å². The highest BCUT2D eigenvalue weighted by atomic mass is 35.5. The Bertz CT molecular complexity index is 499. The van der Waals surface area contributed by atoms with Crippen LogP contribution < -0.4 is 5.32 Å². The first-order valence-corrected chi connectivity index (χ1v) is 6.08. The second-order valence-corrected chi connectivity index (χ2v) is 5.38. The molecule has 0 saturated carbocycles. The molecule has 1 heterocycles. The van der Waals surface area contributed by atoms with Crippen LogP contribution in [0.25, 0.3) is 0 Å². The van der Waals surface area contributed by atoms with Crippen LogP contribution >= 0.6 is 11.6 Å². The quantitative estimate of drug-likeness (QED) is 0.885. The minimum Gasteiger partial charge on any atom is -0.386 e. The van der Waals surface area contributed by atoms with Crippen LogP contribution in [0.2, 0.25) is 5.02 Å². The number of rotatable bonds is 3. The van der Waals surface area contributed by atoms with E-state index in [1.54, 1.807) is 6.07 Å². The summed E-state index contributed by atoms with van der Waals surface area (Å²) >= 11 is 6.14. The Kier molecular flexibility index (Phi) is 3.36. The van der Waals surface area contributed by atoms with Gasteiger partial charge in [-0.2, -0.15) is 0 Å². The minimum atomic E-state index is -0.746. The minimum absolute atomic E-state index is 0.0854. The van der Waals surface area contributed by atoms with Crippen LogP contribution in [0.3, 0.4) is 0 Å². The molecule has 0 aliphatic carbocycles. The summed E-state index contributed by atoms with van der Waals surface area (Å²) in [6, 6.07) is 3.47. The summed E-state index contributed by atoms with van der Waals surface area (Å²) in [6.45, 7) is 3.85. The summed E-state index contributed by atoms with van der Waals surface area (Å²) in [4.78, 5) is 11.9. The average Bonchev–Trinajstić information content (AvgIpc) is 2.52. The molecule has 2 rings (SSSR count). The van der Waals surface area contributed by atoms with Crippen molar-refractivity contribution in [2.24, 2.45) is 0 Å². The molecule has 0 bridgehead atoms. The lowest BCUT2D eigenvalue weighted by Gasteiger charge is -2.18. The first-order chi connectivity index (χ1) is 8.37. The Morgan fingerprint density at radius 1 is 1.50 bits per heavy atom. The van der Waals surface area contributed by atoms with E-state index in [2.05, 4.69) is 5.32 Å². The van der Waals surface area contributed by atoms with E-state index in [1.807, 2.05) is 19.9 Å². The number of hydrogen-bond donors (Lipinski definition) is 2. The Morgan fingerprint density at radius 2 is 2.17 bits per heavy atom. The lowest BCUT2D eigenvalue weighted by molar-refractivity contribution is -0.119. The molecule has 0 spiro atoms. The summed E-state index contributed by atoms with van der Waals surface area (Å²) < 4.78 is 4.91. The summed E-state index contributed by atoms with van der Waals surface area (Å²) in [5.41, 5.74) is 1.47. The van der Waals surface area contributed by atoms with Crippen molar-refractivity contribution in [2.45, 2.75) is 25.4 Å². The van der Waals surface area contributed by atoms with E-state index in [9.17, 15) is 9.90 Å². The maximum Gasteiger partial charge on any atom is 0.234 e. The third kappa shape index (κ3) is 2.00. The van der Waals surface area contributed by atoms with E-state index in [4.69, 9.17) is 16.3 Å². The highest BCUT2D eigenvalue weighted by molar-refractivity contribution is 6.35. The number of carbonyl (C=O) groups is 1. The summed E-state index contributed by atoms with van der Waals surface area (Å²) in [5.74, 6) is -0.0854. The van der Waals surface area contributed by atoms with E-state index >= 15 is 0 Å². The number of methoxy groups -OCH3 is 1. The van der Waals surface area contributed by atoms with Gasteiger partial charge in [0.2, 0.25) is 5.91 Å². The number of aliphatic hydroxyl groups is 1. The van der Waals surface area contributed by atoms with Crippen molar-refractivity contribution in [2.75, 3.05) is 19.0 Å². The molecule has 18 heavy (non-hydrogen) atoms. The molecule has 1 aliphatic rings. The van der Waals surface area contributed by atoms with Gasteiger partial charge in [-0.3, -0.25) is 4.79 Å². The number of halogens is 1. The standard InChI is InChI=1S/C13H16ClNO3/c1-13(2)8-4-7(10(16)6-18-3)5-9(14)11(8)15-12(13)17/h4-5,10,16H,6H2,1-3H3,(H,15,17). The summed E-state index contributed by atoms with van der Waals surface area (Å²) in [6.07, 6.45) is -0.746. The molecule has 1 aromatic carbocycles. The van der Waals surface area contributed by atoms with E-state index in [0.29, 0.717) is 16.3 Å². The highest BCUT2D eigenvalue weighted by Gasteiger charge is 2.40. The van der Waals surface area contributed by atoms with E-state index in [1.165, 1.54) is 7.11 Å². The molecule has 0 radical (unpaired) electrons. The monoisotopic (exact) mass is 269 g/mol. The fraction of sp³-hybridized carbons (Fsp3) is 0.462. The lowest BCUT2D eigenvalue weighted by Crippen LogP contribution is -2.27. The number of benzene rings is 1. The number of carbonyl (C=O) groups excluding carboxylic acids is 1. The zero-order chi connectivity index (χ0) is 13.5. The van der Waals surface area contributed by atoms with Crippen LogP contribution in [0.5, 0.6) is 0 Å². The zero-order valence-electron chi connectivity index (χ0n) is 10.6. The first-order valence-electron chi connectivity index (χ1n) is 5.70. The van der Waals surface area contributed by atoms with Gasteiger partial charge in [-0.15, -0.1) is 0 Å². The molecule has 2 N–H and O–H groups in total. The van der Waals surface area contributed by atoms with Gasteiger partial charge in [0.1, 0.15) is 6.10 Å². The van der Waals surface area contributed by atoms with Crippen LogP contribution in [0.1, 0.15) is 31.1 Å². The molecule has 5 heteroatoms. The number of amides is 1. The van der Waals surface area contributed by atoms with E-state index in [0.717, 1.165) is 5.56 Å². The SMILES string of the molecule is COCC(O)c1cc(Cl)c2c(c1)C(C)(C)C(=O)N2. The van der Waals surface area contributed by atoms with Crippen molar-refractivity contribution in [1.82, 2.24) is 0 Å². The van der Waals surface area contributed by atoms with Gasteiger partial charge >= 0.3 is 0 Å². The van der Waals surface area contributed by atoms with Crippen LogP contribution in [0.4, 0.5) is 5.69 Å². The lowest BCUT2D eigenvalue weighted by atomic mass is 9.85. The fourth-order valence-electron chi connectivity index (χ4n) is 2.09. The number of fused-ring (bicyclic) bond motifs is 1. The summed E-state index contributed by atoms with van der Waals surface area (Å²) in [7, 11) is 1.52. The van der Waals surface area contributed by atoms with Gasteiger partial charge in [0.05, 0.1) is 22.7 Å². The van der Waals surface area contributed by atoms with Gasteiger partial charge in [-0.1, -0.05) is 11.6 Å². The number of ether oxygens (including phenoxy) is 1. The Balaban J connectivity index is 2.49. The van der Waals surface area contributed by atoms with Gasteiger partial charge < -0.3 is 15.2 Å². The molecule has 4 nitrogen and oxygen atoms in total. The normalized spacial score (nSPS) is 18.4. The largest absolute Gasteiger partial charge is 0.386 e. The predicted octanol–water partition coefficient (Wildman–Crippen LogP) is 2.25. The first kappa shape index (κ1) is 13.3. The third-order valence-electron chi connectivity index (χ3n) is 3.30. The molecule has 0 saturated heterocycles. The molecule has 1 atom stereocenters. The van der Waals surface area contributed by atoms with Crippen LogP contribution in [-0.4, -0.2) is 24.7 Å². The Hall–Kier alpha value is -1.10. The summed E-state index contributed by atoms with van der Waals surface area (Å²) in [5, 5.41) is 13.1.